The fraction of sp³-hybridized carbons (Fsp3) is 0.813. The number of ether oxygens (including phenoxy) is 4. The van der Waals surface area contributed by atoms with Gasteiger partial charge < -0.3 is 33.8 Å². The first kappa shape index (κ1) is 90.8. The summed E-state index contributed by atoms with van der Waals surface area (Å²) in [6.45, 7) is 4.72. The third-order valence-electron chi connectivity index (χ3n) is 16.0. The summed E-state index contributed by atoms with van der Waals surface area (Å²) in [5.41, 5.74) is 0. The molecule has 0 aromatic carbocycles. The van der Waals surface area contributed by atoms with Crippen molar-refractivity contribution in [1.29, 1.82) is 0 Å². The van der Waals surface area contributed by atoms with Crippen molar-refractivity contribution >= 4 is 39.5 Å². The highest BCUT2D eigenvalue weighted by atomic mass is 31.2. The van der Waals surface area contributed by atoms with Crippen LogP contribution in [0.2, 0.25) is 0 Å². The quantitative estimate of drug-likeness (QED) is 0.0169. The highest BCUT2D eigenvalue weighted by molar-refractivity contribution is 7.47. The molecule has 5 atom stereocenters. The largest absolute Gasteiger partial charge is 0.472 e. The minimum Gasteiger partial charge on any atom is -0.462 e. The predicted molar refractivity (Wildman–Crippen MR) is 381 cm³/mol. The Labute approximate surface area is 571 Å². The topological polar surface area (TPSA) is 237 Å². The number of aliphatic hydroxyl groups is 1. The Morgan fingerprint density at radius 3 is 0.894 bits per heavy atom. The van der Waals surface area contributed by atoms with Gasteiger partial charge in [-0.2, -0.15) is 0 Å². The maximum absolute atomic E-state index is 13.0. The van der Waals surface area contributed by atoms with Gasteiger partial charge in [0.15, 0.2) is 12.2 Å². The SMILES string of the molecule is CC/C=C\C/C=C\C/C=C\C/C=C\CCCCCCC(=O)OCC(COP(=O)(O)OCC(O)COP(=O)(O)OCC(COC(=O)CCCCCCCCCCCCCCCCC)OC(=O)CCCCCCCCCCCCC)OC(=O)CCCCCCC/C=C\CCCC. The molecule has 0 heterocycles. The van der Waals surface area contributed by atoms with Crippen LogP contribution in [0.4, 0.5) is 0 Å². The number of aliphatic hydroxyl groups excluding tert-OH is 1. The maximum Gasteiger partial charge on any atom is 0.472 e. The zero-order valence-corrected chi connectivity index (χ0v) is 61.4. The fourth-order valence-electron chi connectivity index (χ4n) is 10.3. The average Bonchev–Trinajstić information content (AvgIpc) is 1.32. The highest BCUT2D eigenvalue weighted by Crippen LogP contribution is 2.45. The second-order valence-corrected chi connectivity index (χ2v) is 28.1. The fourth-order valence-corrected chi connectivity index (χ4v) is 11.8. The number of carbonyl (C=O) groups excluding carboxylic acids is 4. The predicted octanol–water partition coefficient (Wildman–Crippen LogP) is 21.1. The first-order valence-corrected chi connectivity index (χ1v) is 40.5. The molecule has 0 rings (SSSR count). The zero-order valence-electron chi connectivity index (χ0n) is 59.6. The first-order valence-electron chi connectivity index (χ1n) is 37.5. The van der Waals surface area contributed by atoms with Crippen LogP contribution in [0.3, 0.4) is 0 Å². The molecule has 0 amide bonds. The van der Waals surface area contributed by atoms with E-state index in [0.717, 1.165) is 135 Å². The second kappa shape index (κ2) is 68.3. The molecule has 0 radical (unpaired) electrons. The monoisotopic (exact) mass is 1370 g/mol. The molecule has 0 aliphatic heterocycles. The lowest BCUT2D eigenvalue weighted by molar-refractivity contribution is -0.161. The highest BCUT2D eigenvalue weighted by Gasteiger charge is 2.30. The van der Waals surface area contributed by atoms with Crippen molar-refractivity contribution < 1.29 is 80.2 Å². The van der Waals surface area contributed by atoms with Crippen molar-refractivity contribution in [2.75, 3.05) is 39.6 Å². The van der Waals surface area contributed by atoms with E-state index in [9.17, 15) is 43.2 Å². The van der Waals surface area contributed by atoms with Crippen LogP contribution in [0.15, 0.2) is 60.8 Å². The van der Waals surface area contributed by atoms with Crippen LogP contribution in [0.25, 0.3) is 0 Å². The van der Waals surface area contributed by atoms with Crippen LogP contribution >= 0.6 is 15.6 Å². The lowest BCUT2D eigenvalue weighted by Gasteiger charge is -2.21. The summed E-state index contributed by atoms with van der Waals surface area (Å²) in [6, 6.07) is 0. The van der Waals surface area contributed by atoms with Gasteiger partial charge in [-0.15, -0.1) is 0 Å². The molecule has 0 aliphatic rings. The third kappa shape index (κ3) is 67.3. The summed E-state index contributed by atoms with van der Waals surface area (Å²) in [5, 5.41) is 10.6. The number of esters is 4. The van der Waals surface area contributed by atoms with Gasteiger partial charge in [0.2, 0.25) is 0 Å². The van der Waals surface area contributed by atoms with Crippen molar-refractivity contribution in [2.45, 2.75) is 354 Å². The Kier molecular flexibility index (Phi) is 65.9. The number of phosphoric acid groups is 2. The minimum absolute atomic E-state index is 0.0819. The number of hydrogen-bond donors (Lipinski definition) is 3. The Hall–Kier alpha value is -3.24. The molecule has 0 aliphatic carbocycles. The summed E-state index contributed by atoms with van der Waals surface area (Å²) in [4.78, 5) is 72.7. The van der Waals surface area contributed by atoms with Crippen LogP contribution < -0.4 is 0 Å². The summed E-state index contributed by atoms with van der Waals surface area (Å²) in [7, 11) is -9.93. The van der Waals surface area contributed by atoms with Crippen LogP contribution in [-0.4, -0.2) is 96.7 Å². The first-order chi connectivity index (χ1) is 45.7. The molecule has 0 spiro atoms. The van der Waals surface area contributed by atoms with E-state index in [-0.39, 0.29) is 25.7 Å². The van der Waals surface area contributed by atoms with Gasteiger partial charge in [-0.05, 0) is 83.5 Å². The number of carbonyl (C=O) groups is 4. The molecule has 0 fully saturated rings. The molecule has 19 heteroatoms. The van der Waals surface area contributed by atoms with Crippen molar-refractivity contribution in [3.63, 3.8) is 0 Å². The normalized spacial score (nSPS) is 14.3. The van der Waals surface area contributed by atoms with Gasteiger partial charge in [0.25, 0.3) is 0 Å². The Balaban J connectivity index is 5.28. The van der Waals surface area contributed by atoms with Crippen LogP contribution in [0.1, 0.15) is 336 Å². The summed E-state index contributed by atoms with van der Waals surface area (Å²) >= 11 is 0. The Morgan fingerprint density at radius 2 is 0.564 bits per heavy atom. The molecule has 0 saturated carbocycles. The average molecular weight is 1370 g/mol. The Morgan fingerprint density at radius 1 is 0.309 bits per heavy atom. The van der Waals surface area contributed by atoms with E-state index in [1.807, 2.05) is 0 Å². The summed E-state index contributed by atoms with van der Waals surface area (Å²) in [6.07, 6.45) is 65.1. The van der Waals surface area contributed by atoms with Crippen molar-refractivity contribution in [1.82, 2.24) is 0 Å². The molecule has 548 valence electrons. The van der Waals surface area contributed by atoms with Crippen molar-refractivity contribution in [3.8, 4) is 0 Å². The molecule has 0 bridgehead atoms. The number of allylic oxidation sites excluding steroid dienone is 10. The molecule has 0 saturated heterocycles. The number of rotatable bonds is 71. The van der Waals surface area contributed by atoms with Crippen LogP contribution in [0.5, 0.6) is 0 Å². The molecule has 0 aromatic heterocycles. The van der Waals surface area contributed by atoms with Gasteiger partial charge in [0.1, 0.15) is 19.3 Å². The van der Waals surface area contributed by atoms with Gasteiger partial charge in [0, 0.05) is 25.7 Å². The van der Waals surface area contributed by atoms with Gasteiger partial charge in [-0.25, -0.2) is 9.13 Å². The van der Waals surface area contributed by atoms with E-state index in [2.05, 4.69) is 88.5 Å². The number of phosphoric ester groups is 2. The van der Waals surface area contributed by atoms with Gasteiger partial charge in [-0.3, -0.25) is 37.3 Å². The molecular weight excluding hydrogens is 1230 g/mol. The van der Waals surface area contributed by atoms with E-state index in [1.54, 1.807) is 0 Å². The van der Waals surface area contributed by atoms with E-state index < -0.39 is 97.5 Å². The molecule has 0 aromatic rings. The zero-order chi connectivity index (χ0) is 69.0. The molecule has 3 N–H and O–H groups in total. The molecule has 94 heavy (non-hydrogen) atoms. The van der Waals surface area contributed by atoms with E-state index >= 15 is 0 Å². The lowest BCUT2D eigenvalue weighted by Crippen LogP contribution is -2.30. The Bertz CT molecular complexity index is 2030. The van der Waals surface area contributed by atoms with Crippen molar-refractivity contribution in [3.05, 3.63) is 60.8 Å². The summed E-state index contributed by atoms with van der Waals surface area (Å²) < 4.78 is 68.3. The number of unbranched alkanes of at least 4 members (excludes halogenated alkanes) is 35. The smallest absolute Gasteiger partial charge is 0.462 e. The third-order valence-corrected chi connectivity index (χ3v) is 17.9. The van der Waals surface area contributed by atoms with Crippen LogP contribution in [-0.2, 0) is 65.4 Å². The van der Waals surface area contributed by atoms with Gasteiger partial charge >= 0.3 is 39.5 Å². The maximum atomic E-state index is 13.0. The van der Waals surface area contributed by atoms with Crippen molar-refractivity contribution in [2.24, 2.45) is 0 Å². The van der Waals surface area contributed by atoms with E-state index in [4.69, 9.17) is 37.0 Å². The second-order valence-electron chi connectivity index (χ2n) is 25.2. The standard InChI is InChI=1S/C75H136O17P2/c1-5-9-13-17-21-25-29-31-33-34-36-38-42-44-48-52-56-60-73(78)86-66-71(92-75(80)62-58-54-50-46-40-28-24-20-16-12-8-4)68-90-94(83,84)88-64-69(76)63-87-93(81,82)89-67-70(91-74(79)61-57-53-49-45-39-27-23-19-15-11-7-3)65-85-72(77)59-55-51-47-43-41-37-35-32-30-26-22-18-14-10-6-2/h9,13,20-21,24-25,31,33,36,38,69-71,76H,5-8,10-12,14-19,22-23,26-30,32,34-35,37,39-68H2,1-4H3,(H,81,82)(H,83,84)/b13-9-,24-20-,25-21-,33-31-,38-36-. The lowest BCUT2D eigenvalue weighted by atomic mass is 10.0. The summed E-state index contributed by atoms with van der Waals surface area (Å²) in [5.74, 6) is -2.18. The number of hydrogen-bond acceptors (Lipinski definition) is 15. The minimum atomic E-state index is -4.97. The van der Waals surface area contributed by atoms with Crippen LogP contribution in [0, 0.1) is 0 Å². The van der Waals surface area contributed by atoms with Gasteiger partial charge in [-0.1, -0.05) is 288 Å². The van der Waals surface area contributed by atoms with E-state index in [1.165, 1.54) is 122 Å². The molecule has 5 unspecified atom stereocenters. The molecule has 17 nitrogen and oxygen atoms in total. The van der Waals surface area contributed by atoms with E-state index in [0.29, 0.717) is 25.7 Å². The van der Waals surface area contributed by atoms with Gasteiger partial charge in [0.05, 0.1) is 26.4 Å². The molecular formula is C75H136O17P2.